The summed E-state index contributed by atoms with van der Waals surface area (Å²) in [7, 11) is 0. The zero-order chi connectivity index (χ0) is 9.11. The number of primary amides is 2. The molecule has 68 valence electrons. The van der Waals surface area contributed by atoms with Crippen LogP contribution in [0.2, 0.25) is 0 Å². The zero-order valence-electron chi connectivity index (χ0n) is 7.30. The van der Waals surface area contributed by atoms with E-state index < -0.39 is 6.03 Å². The molecule has 0 radical (unpaired) electrons. The van der Waals surface area contributed by atoms with E-state index in [9.17, 15) is 0 Å². The highest BCUT2D eigenvalue weighted by Crippen LogP contribution is 2.02. The maximum absolute atomic E-state index is 9.00. The highest BCUT2D eigenvalue weighted by atomic mass is 32.2. The average Bonchev–Trinajstić information content (AvgIpc) is 1.88. The van der Waals surface area contributed by atoms with Crippen molar-refractivity contribution in [2.24, 2.45) is 11.5 Å². The van der Waals surface area contributed by atoms with Crippen molar-refractivity contribution in [2.45, 2.75) is 26.7 Å². The zero-order valence-corrected chi connectivity index (χ0v) is 8.12. The first-order valence-electron chi connectivity index (χ1n) is 3.77. The van der Waals surface area contributed by atoms with Crippen LogP contribution < -0.4 is 11.5 Å². The molecular formula is C7H18N2OS. The van der Waals surface area contributed by atoms with E-state index in [0.717, 1.165) is 0 Å². The number of hydrogen-bond donors (Lipinski definition) is 2. The number of carbonyl (C=O) groups is 1. The minimum absolute atomic E-state index is 0.833. The number of thioether (sulfide) groups is 1. The maximum Gasteiger partial charge on any atom is 0.309 e. The van der Waals surface area contributed by atoms with Gasteiger partial charge >= 0.3 is 6.03 Å². The molecule has 0 saturated carbocycles. The van der Waals surface area contributed by atoms with Gasteiger partial charge in [0.1, 0.15) is 0 Å². The van der Waals surface area contributed by atoms with Gasteiger partial charge in [-0.05, 0) is 24.3 Å². The number of rotatable bonds is 4. The van der Waals surface area contributed by atoms with Gasteiger partial charge in [0.15, 0.2) is 0 Å². The molecule has 0 saturated heterocycles. The van der Waals surface area contributed by atoms with Gasteiger partial charge in [-0.15, -0.1) is 0 Å². The molecule has 2 amide bonds. The standard InChI is InChI=1S/C6H14S.CH4N2O/c1-3-5-7-6-4-2;2-1(3)4/h3-6H2,1-2H3;(H4,2,3,4). The molecule has 3 nitrogen and oxygen atoms in total. The van der Waals surface area contributed by atoms with Crippen LogP contribution in [0.1, 0.15) is 26.7 Å². The third kappa shape index (κ3) is 42.6. The van der Waals surface area contributed by atoms with E-state index in [-0.39, 0.29) is 0 Å². The van der Waals surface area contributed by atoms with Crippen LogP contribution in [0.3, 0.4) is 0 Å². The Labute approximate surface area is 72.9 Å². The summed E-state index contributed by atoms with van der Waals surface area (Å²) in [5, 5.41) is 0. The van der Waals surface area contributed by atoms with Crippen molar-refractivity contribution in [2.75, 3.05) is 11.5 Å². The van der Waals surface area contributed by atoms with Gasteiger partial charge in [0.05, 0.1) is 0 Å². The molecule has 0 aliphatic rings. The first-order chi connectivity index (χ1) is 5.15. The number of hydrogen-bond acceptors (Lipinski definition) is 2. The van der Waals surface area contributed by atoms with Crippen molar-refractivity contribution >= 4 is 17.8 Å². The van der Waals surface area contributed by atoms with Gasteiger partial charge in [0.25, 0.3) is 0 Å². The first-order valence-corrected chi connectivity index (χ1v) is 4.93. The molecule has 0 aliphatic carbocycles. The predicted octanol–water partition coefficient (Wildman–Crippen LogP) is 1.56. The van der Waals surface area contributed by atoms with Crippen LogP contribution >= 0.6 is 11.8 Å². The minimum atomic E-state index is -0.833. The van der Waals surface area contributed by atoms with Crippen LogP contribution in [-0.2, 0) is 0 Å². The van der Waals surface area contributed by atoms with Gasteiger partial charge in [-0.3, -0.25) is 0 Å². The molecule has 4 heteroatoms. The molecule has 0 atom stereocenters. The Morgan fingerprint density at radius 1 is 1.18 bits per heavy atom. The first kappa shape index (κ1) is 13.2. The van der Waals surface area contributed by atoms with Crippen molar-refractivity contribution in [3.63, 3.8) is 0 Å². The molecule has 0 rings (SSSR count). The molecule has 0 aromatic carbocycles. The molecule has 0 aromatic rings. The Hall–Kier alpha value is -0.380. The molecule has 0 unspecified atom stereocenters. The monoisotopic (exact) mass is 178 g/mol. The second kappa shape index (κ2) is 12.3. The van der Waals surface area contributed by atoms with Gasteiger partial charge in [-0.25, -0.2) is 4.79 Å². The van der Waals surface area contributed by atoms with Crippen molar-refractivity contribution in [3.05, 3.63) is 0 Å². The normalized spacial score (nSPS) is 8.18. The van der Waals surface area contributed by atoms with Gasteiger partial charge < -0.3 is 11.5 Å². The van der Waals surface area contributed by atoms with E-state index in [0.29, 0.717) is 0 Å². The third-order valence-electron chi connectivity index (χ3n) is 0.697. The quantitative estimate of drug-likeness (QED) is 0.641. The van der Waals surface area contributed by atoms with Crippen LogP contribution in [0.25, 0.3) is 0 Å². The van der Waals surface area contributed by atoms with Gasteiger partial charge in [0, 0.05) is 0 Å². The third-order valence-corrected chi connectivity index (χ3v) is 2.09. The Balaban J connectivity index is 0. The summed E-state index contributed by atoms with van der Waals surface area (Å²) < 4.78 is 0. The van der Waals surface area contributed by atoms with E-state index in [1.54, 1.807) is 0 Å². The van der Waals surface area contributed by atoms with Crippen molar-refractivity contribution in [3.8, 4) is 0 Å². The van der Waals surface area contributed by atoms with Crippen molar-refractivity contribution < 1.29 is 4.79 Å². The smallest absolute Gasteiger partial charge is 0.309 e. The molecule has 0 aliphatic heterocycles. The Morgan fingerprint density at radius 2 is 1.45 bits per heavy atom. The maximum atomic E-state index is 9.00. The van der Waals surface area contributed by atoms with Gasteiger partial charge in [0.2, 0.25) is 0 Å². The lowest BCUT2D eigenvalue weighted by Crippen LogP contribution is -2.18. The molecule has 11 heavy (non-hydrogen) atoms. The van der Waals surface area contributed by atoms with Gasteiger partial charge in [-0.2, -0.15) is 11.8 Å². The predicted molar refractivity (Wildman–Crippen MR) is 51.7 cm³/mol. The van der Waals surface area contributed by atoms with Crippen LogP contribution in [0, 0.1) is 0 Å². The lowest BCUT2D eigenvalue weighted by molar-refractivity contribution is 0.256. The molecule has 0 spiro atoms. The summed E-state index contributed by atoms with van der Waals surface area (Å²) in [6.07, 6.45) is 2.65. The fourth-order valence-electron chi connectivity index (χ4n) is 0.391. The molecular weight excluding hydrogens is 160 g/mol. The van der Waals surface area contributed by atoms with Crippen LogP contribution in [0.15, 0.2) is 0 Å². The lowest BCUT2D eigenvalue weighted by Gasteiger charge is -1.91. The molecule has 0 aromatic heterocycles. The number of nitrogens with two attached hydrogens (primary N) is 2. The molecule has 0 bridgehead atoms. The summed E-state index contributed by atoms with van der Waals surface area (Å²) in [6, 6.07) is -0.833. The molecule has 0 heterocycles. The Bertz CT molecular complexity index is 80.5. The SMILES string of the molecule is CCCSCCC.NC(N)=O. The number of amides is 2. The van der Waals surface area contributed by atoms with Crippen LogP contribution in [0.5, 0.6) is 0 Å². The second-order valence-electron chi connectivity index (χ2n) is 2.01. The van der Waals surface area contributed by atoms with Crippen molar-refractivity contribution in [1.82, 2.24) is 0 Å². The minimum Gasteiger partial charge on any atom is -0.352 e. The topological polar surface area (TPSA) is 69.1 Å². The van der Waals surface area contributed by atoms with E-state index >= 15 is 0 Å². The van der Waals surface area contributed by atoms with Crippen LogP contribution in [-0.4, -0.2) is 17.5 Å². The van der Waals surface area contributed by atoms with E-state index in [4.69, 9.17) is 4.79 Å². The van der Waals surface area contributed by atoms with Crippen molar-refractivity contribution in [1.29, 1.82) is 0 Å². The average molecular weight is 178 g/mol. The summed E-state index contributed by atoms with van der Waals surface area (Å²) >= 11 is 2.05. The Morgan fingerprint density at radius 3 is 1.64 bits per heavy atom. The largest absolute Gasteiger partial charge is 0.352 e. The number of carbonyl (C=O) groups excluding carboxylic acids is 1. The number of urea groups is 1. The summed E-state index contributed by atoms with van der Waals surface area (Å²) in [5.74, 6) is 2.68. The fraction of sp³-hybridized carbons (Fsp3) is 0.857. The summed E-state index contributed by atoms with van der Waals surface area (Å²) in [6.45, 7) is 4.45. The molecule has 0 fully saturated rings. The van der Waals surface area contributed by atoms with Gasteiger partial charge in [-0.1, -0.05) is 13.8 Å². The molecule has 4 N–H and O–H groups in total. The van der Waals surface area contributed by atoms with Crippen LogP contribution in [0.4, 0.5) is 4.79 Å². The van der Waals surface area contributed by atoms with E-state index in [1.807, 2.05) is 0 Å². The fourth-order valence-corrected chi connectivity index (χ4v) is 1.17. The second-order valence-corrected chi connectivity index (χ2v) is 3.24. The van der Waals surface area contributed by atoms with E-state index in [2.05, 4.69) is 37.1 Å². The highest BCUT2D eigenvalue weighted by molar-refractivity contribution is 7.99. The highest BCUT2D eigenvalue weighted by Gasteiger charge is 1.79. The van der Waals surface area contributed by atoms with E-state index in [1.165, 1.54) is 24.3 Å². The summed E-state index contributed by atoms with van der Waals surface area (Å²) in [4.78, 5) is 9.00. The lowest BCUT2D eigenvalue weighted by atomic mass is 10.6. The Kier molecular flexibility index (Phi) is 14.8. The summed E-state index contributed by atoms with van der Waals surface area (Å²) in [5.41, 5.74) is 8.50.